The van der Waals surface area contributed by atoms with Crippen molar-refractivity contribution >= 4 is 12.2 Å². The van der Waals surface area contributed by atoms with Gasteiger partial charge in [0.15, 0.2) is 0 Å². The minimum atomic E-state index is -0.392. The Morgan fingerprint density at radius 1 is 1.39 bits per heavy atom. The molecule has 1 amide bonds. The number of benzene rings is 1. The van der Waals surface area contributed by atoms with E-state index in [4.69, 9.17) is 5.73 Å². The lowest BCUT2D eigenvalue weighted by Crippen LogP contribution is -2.33. The van der Waals surface area contributed by atoms with Crippen molar-refractivity contribution in [2.45, 2.75) is 19.4 Å². The van der Waals surface area contributed by atoms with E-state index in [1.54, 1.807) is 6.07 Å². The summed E-state index contributed by atoms with van der Waals surface area (Å²) in [6.45, 7) is 2.68. The standard InChI is InChI=1S/C14H18N2O2/c15-14(18)13-3-1-2-12(8-13)9-16-6-4-11(10-17)5-7-16/h1-3,8,10-11H,4-7,9H2,(H2,15,18). The summed E-state index contributed by atoms with van der Waals surface area (Å²) in [7, 11) is 0. The van der Waals surface area contributed by atoms with Crippen LogP contribution in [-0.2, 0) is 11.3 Å². The lowest BCUT2D eigenvalue weighted by Gasteiger charge is -2.29. The second-order valence-electron chi connectivity index (χ2n) is 4.81. The molecule has 0 bridgehead atoms. The smallest absolute Gasteiger partial charge is 0.248 e. The summed E-state index contributed by atoms with van der Waals surface area (Å²) in [6.07, 6.45) is 2.92. The predicted octanol–water partition coefficient (Wildman–Crippen LogP) is 1.20. The molecule has 0 unspecified atom stereocenters. The number of carbonyl (C=O) groups excluding carboxylic acids is 2. The van der Waals surface area contributed by atoms with Crippen LogP contribution in [0.25, 0.3) is 0 Å². The average Bonchev–Trinajstić information content (AvgIpc) is 2.40. The second-order valence-corrected chi connectivity index (χ2v) is 4.81. The minimum Gasteiger partial charge on any atom is -0.366 e. The fraction of sp³-hybridized carbons (Fsp3) is 0.429. The SMILES string of the molecule is NC(=O)c1cccc(CN2CCC(C=O)CC2)c1. The molecule has 18 heavy (non-hydrogen) atoms. The van der Waals surface area contributed by atoms with Gasteiger partial charge in [-0.1, -0.05) is 12.1 Å². The molecule has 2 N–H and O–H groups in total. The Morgan fingerprint density at radius 2 is 2.11 bits per heavy atom. The molecular formula is C14H18N2O2. The zero-order valence-corrected chi connectivity index (χ0v) is 10.3. The number of nitrogens with two attached hydrogens (primary N) is 1. The Kier molecular flexibility index (Phi) is 4.10. The van der Waals surface area contributed by atoms with E-state index in [1.807, 2.05) is 18.2 Å². The van der Waals surface area contributed by atoms with Crippen LogP contribution in [0, 0.1) is 5.92 Å². The van der Waals surface area contributed by atoms with E-state index >= 15 is 0 Å². The number of hydrogen-bond acceptors (Lipinski definition) is 3. The second kappa shape index (κ2) is 5.78. The number of nitrogens with zero attached hydrogens (tertiary/aromatic N) is 1. The molecule has 1 saturated heterocycles. The van der Waals surface area contributed by atoms with Gasteiger partial charge in [-0.15, -0.1) is 0 Å². The van der Waals surface area contributed by atoms with Crippen LogP contribution in [0.3, 0.4) is 0 Å². The highest BCUT2D eigenvalue weighted by Crippen LogP contribution is 2.17. The first-order valence-electron chi connectivity index (χ1n) is 6.25. The largest absolute Gasteiger partial charge is 0.366 e. The number of hydrogen-bond donors (Lipinski definition) is 1. The normalized spacial score (nSPS) is 17.6. The number of amides is 1. The molecule has 0 saturated carbocycles. The van der Waals surface area contributed by atoms with E-state index < -0.39 is 5.91 Å². The van der Waals surface area contributed by atoms with Crippen molar-refractivity contribution in [2.24, 2.45) is 11.7 Å². The number of aldehydes is 1. The first-order valence-corrected chi connectivity index (χ1v) is 6.25. The van der Waals surface area contributed by atoms with Gasteiger partial charge in [0.2, 0.25) is 5.91 Å². The van der Waals surface area contributed by atoms with E-state index in [9.17, 15) is 9.59 Å². The third-order valence-corrected chi connectivity index (χ3v) is 3.44. The number of piperidine rings is 1. The van der Waals surface area contributed by atoms with Crippen LogP contribution in [0.5, 0.6) is 0 Å². The van der Waals surface area contributed by atoms with Gasteiger partial charge in [0.25, 0.3) is 0 Å². The fourth-order valence-corrected chi connectivity index (χ4v) is 2.33. The van der Waals surface area contributed by atoms with Crippen molar-refractivity contribution in [3.05, 3.63) is 35.4 Å². The molecule has 0 radical (unpaired) electrons. The van der Waals surface area contributed by atoms with Gasteiger partial charge in [0.1, 0.15) is 6.29 Å². The van der Waals surface area contributed by atoms with E-state index in [0.29, 0.717) is 5.56 Å². The molecule has 96 valence electrons. The lowest BCUT2D eigenvalue weighted by atomic mass is 9.98. The summed E-state index contributed by atoms with van der Waals surface area (Å²) in [4.78, 5) is 24.1. The Morgan fingerprint density at radius 3 is 2.72 bits per heavy atom. The van der Waals surface area contributed by atoms with Gasteiger partial charge in [-0.25, -0.2) is 0 Å². The highest BCUT2D eigenvalue weighted by atomic mass is 16.1. The van der Waals surface area contributed by atoms with Crippen molar-refractivity contribution in [3.8, 4) is 0 Å². The molecular weight excluding hydrogens is 228 g/mol. The highest BCUT2D eigenvalue weighted by Gasteiger charge is 2.18. The fourth-order valence-electron chi connectivity index (χ4n) is 2.33. The Bertz CT molecular complexity index is 437. The predicted molar refractivity (Wildman–Crippen MR) is 69.0 cm³/mol. The molecule has 4 heteroatoms. The summed E-state index contributed by atoms with van der Waals surface area (Å²) in [6, 6.07) is 7.42. The van der Waals surface area contributed by atoms with Crippen molar-refractivity contribution in [2.75, 3.05) is 13.1 Å². The maximum atomic E-state index is 11.1. The Balaban J connectivity index is 1.95. The summed E-state index contributed by atoms with van der Waals surface area (Å²) >= 11 is 0. The van der Waals surface area contributed by atoms with E-state index in [0.717, 1.165) is 44.3 Å². The molecule has 1 aliphatic heterocycles. The minimum absolute atomic E-state index is 0.221. The monoisotopic (exact) mass is 246 g/mol. The van der Waals surface area contributed by atoms with Crippen LogP contribution in [0.2, 0.25) is 0 Å². The molecule has 1 aromatic rings. The van der Waals surface area contributed by atoms with E-state index in [1.165, 1.54) is 0 Å². The maximum absolute atomic E-state index is 11.1. The summed E-state index contributed by atoms with van der Waals surface area (Å²) < 4.78 is 0. The highest BCUT2D eigenvalue weighted by molar-refractivity contribution is 5.92. The summed E-state index contributed by atoms with van der Waals surface area (Å²) in [5.74, 6) is -0.172. The first-order chi connectivity index (χ1) is 8.69. The van der Waals surface area contributed by atoms with Crippen molar-refractivity contribution in [1.82, 2.24) is 4.90 Å². The number of rotatable bonds is 4. The molecule has 1 aromatic carbocycles. The van der Waals surface area contributed by atoms with Crippen LogP contribution >= 0.6 is 0 Å². The van der Waals surface area contributed by atoms with Crippen LogP contribution in [0.4, 0.5) is 0 Å². The number of carbonyl (C=O) groups is 2. The molecule has 1 fully saturated rings. The number of likely N-dealkylation sites (tertiary alicyclic amines) is 1. The molecule has 0 aromatic heterocycles. The zero-order valence-electron chi connectivity index (χ0n) is 10.3. The molecule has 4 nitrogen and oxygen atoms in total. The molecule has 1 aliphatic rings. The van der Waals surface area contributed by atoms with Crippen molar-refractivity contribution in [3.63, 3.8) is 0 Å². The van der Waals surface area contributed by atoms with Crippen LogP contribution in [0.15, 0.2) is 24.3 Å². The molecule has 1 heterocycles. The first kappa shape index (κ1) is 12.8. The van der Waals surface area contributed by atoms with Crippen molar-refractivity contribution < 1.29 is 9.59 Å². The molecule has 0 atom stereocenters. The topological polar surface area (TPSA) is 63.4 Å². The van der Waals surface area contributed by atoms with Gasteiger partial charge in [0.05, 0.1) is 0 Å². The van der Waals surface area contributed by atoms with Gasteiger partial charge in [-0.2, -0.15) is 0 Å². The molecule has 0 spiro atoms. The number of primary amides is 1. The third kappa shape index (κ3) is 3.17. The quantitative estimate of drug-likeness (QED) is 0.812. The summed E-state index contributed by atoms with van der Waals surface area (Å²) in [5, 5.41) is 0. The molecule has 2 rings (SSSR count). The van der Waals surface area contributed by atoms with Crippen molar-refractivity contribution in [1.29, 1.82) is 0 Å². The van der Waals surface area contributed by atoms with Gasteiger partial charge in [-0.05, 0) is 43.6 Å². The lowest BCUT2D eigenvalue weighted by molar-refractivity contribution is -0.112. The van der Waals surface area contributed by atoms with Crippen LogP contribution < -0.4 is 5.73 Å². The third-order valence-electron chi connectivity index (χ3n) is 3.44. The van der Waals surface area contributed by atoms with Gasteiger partial charge >= 0.3 is 0 Å². The van der Waals surface area contributed by atoms with Crippen LogP contribution in [-0.4, -0.2) is 30.2 Å². The Labute approximate surface area is 107 Å². The summed E-state index contributed by atoms with van der Waals surface area (Å²) in [5.41, 5.74) is 6.91. The molecule has 0 aliphatic carbocycles. The average molecular weight is 246 g/mol. The van der Waals surface area contributed by atoms with E-state index in [-0.39, 0.29) is 5.92 Å². The Hall–Kier alpha value is -1.68. The van der Waals surface area contributed by atoms with Gasteiger partial charge < -0.3 is 10.5 Å². The van der Waals surface area contributed by atoms with Gasteiger partial charge in [0, 0.05) is 18.0 Å². The maximum Gasteiger partial charge on any atom is 0.248 e. The zero-order chi connectivity index (χ0) is 13.0. The van der Waals surface area contributed by atoms with Crippen LogP contribution in [0.1, 0.15) is 28.8 Å². The van der Waals surface area contributed by atoms with E-state index in [2.05, 4.69) is 4.90 Å². The van der Waals surface area contributed by atoms with Gasteiger partial charge in [-0.3, -0.25) is 9.69 Å².